The number of halogens is 1. The summed E-state index contributed by atoms with van der Waals surface area (Å²) in [7, 11) is 1.54. The van der Waals surface area contributed by atoms with Gasteiger partial charge in [-0.25, -0.2) is 9.18 Å². The van der Waals surface area contributed by atoms with E-state index in [1.807, 2.05) is 0 Å². The second kappa shape index (κ2) is 9.75. The Morgan fingerprint density at radius 1 is 1.07 bits per heavy atom. The molecule has 1 saturated heterocycles. The van der Waals surface area contributed by atoms with Crippen molar-refractivity contribution in [3.63, 3.8) is 0 Å². The zero-order valence-electron chi connectivity index (χ0n) is 17.7. The number of benzene rings is 1. The van der Waals surface area contributed by atoms with Gasteiger partial charge in [-0.05, 0) is 50.1 Å². The van der Waals surface area contributed by atoms with Crippen LogP contribution in [0.2, 0.25) is 0 Å². The van der Waals surface area contributed by atoms with Crippen molar-refractivity contribution < 1.29 is 23.5 Å². The number of nitrogens with one attached hydrogen (secondary N) is 1. The van der Waals surface area contributed by atoms with Crippen LogP contribution < -0.4 is 4.90 Å². The van der Waals surface area contributed by atoms with E-state index in [1.54, 1.807) is 30.9 Å². The van der Waals surface area contributed by atoms with Gasteiger partial charge >= 0.3 is 5.97 Å². The number of esters is 1. The highest BCUT2D eigenvalue weighted by molar-refractivity contribution is 6.00. The number of H-pyrrole nitrogens is 1. The van der Waals surface area contributed by atoms with Crippen LogP contribution >= 0.6 is 0 Å². The summed E-state index contributed by atoms with van der Waals surface area (Å²) < 4.78 is 23.3. The highest BCUT2D eigenvalue weighted by Gasteiger charge is 2.27. The number of carbonyl (C=O) groups excluding carboxylic acids is 2. The molecule has 2 aromatic rings. The van der Waals surface area contributed by atoms with Crippen molar-refractivity contribution in [2.75, 3.05) is 51.4 Å². The molecule has 3 rings (SSSR count). The third kappa shape index (κ3) is 4.81. The van der Waals surface area contributed by atoms with Crippen molar-refractivity contribution >= 4 is 17.6 Å². The molecular weight excluding hydrogens is 389 g/mol. The molecule has 0 saturated carbocycles. The summed E-state index contributed by atoms with van der Waals surface area (Å²) in [5, 5.41) is 0. The van der Waals surface area contributed by atoms with Crippen LogP contribution in [0.4, 0.5) is 10.1 Å². The number of hydrogen-bond acceptors (Lipinski definition) is 5. The average Bonchev–Trinajstić information content (AvgIpc) is 2.89. The summed E-state index contributed by atoms with van der Waals surface area (Å²) in [6.45, 7) is 6.59. The van der Waals surface area contributed by atoms with Gasteiger partial charge in [-0.1, -0.05) is 0 Å². The van der Waals surface area contributed by atoms with Crippen molar-refractivity contribution in [1.82, 2.24) is 9.88 Å². The zero-order valence-corrected chi connectivity index (χ0v) is 17.7. The average molecular weight is 417 g/mol. The lowest BCUT2D eigenvalue weighted by atomic mass is 10.1. The van der Waals surface area contributed by atoms with E-state index in [9.17, 15) is 14.0 Å². The summed E-state index contributed by atoms with van der Waals surface area (Å²) in [4.78, 5) is 32.6. The van der Waals surface area contributed by atoms with E-state index in [-0.39, 0.29) is 18.3 Å². The van der Waals surface area contributed by atoms with E-state index >= 15 is 0 Å². The Bertz CT molecular complexity index is 895. The topological polar surface area (TPSA) is 74.9 Å². The largest absolute Gasteiger partial charge is 0.460 e. The molecule has 0 bridgehead atoms. The van der Waals surface area contributed by atoms with E-state index < -0.39 is 5.97 Å². The number of aromatic nitrogens is 1. The Labute approximate surface area is 175 Å². The molecule has 1 N–H and O–H groups in total. The number of ether oxygens (including phenoxy) is 2. The Morgan fingerprint density at radius 3 is 2.50 bits per heavy atom. The van der Waals surface area contributed by atoms with Gasteiger partial charge in [0, 0.05) is 44.7 Å². The fourth-order valence-corrected chi connectivity index (χ4v) is 3.75. The minimum atomic E-state index is -0.462. The number of rotatable bonds is 6. The number of hydrogen-bond donors (Lipinski definition) is 1. The zero-order chi connectivity index (χ0) is 21.7. The van der Waals surface area contributed by atoms with E-state index in [0.29, 0.717) is 48.8 Å². The van der Waals surface area contributed by atoms with E-state index in [1.165, 1.54) is 19.2 Å². The van der Waals surface area contributed by atoms with Crippen LogP contribution in [0.3, 0.4) is 0 Å². The van der Waals surface area contributed by atoms with Crippen molar-refractivity contribution in [2.24, 2.45) is 0 Å². The maximum Gasteiger partial charge on any atom is 0.340 e. The van der Waals surface area contributed by atoms with Gasteiger partial charge in [-0.3, -0.25) is 4.79 Å². The molecule has 1 aromatic heterocycles. The van der Waals surface area contributed by atoms with Crippen molar-refractivity contribution in [2.45, 2.75) is 20.3 Å². The number of amides is 1. The maximum atomic E-state index is 13.2. The predicted molar refractivity (Wildman–Crippen MR) is 112 cm³/mol. The molecular formula is C22H28FN3O4. The lowest BCUT2D eigenvalue weighted by Gasteiger charge is -2.23. The quantitative estimate of drug-likeness (QED) is 0.578. The second-order valence-electron chi connectivity index (χ2n) is 7.36. The Morgan fingerprint density at radius 2 is 1.80 bits per heavy atom. The molecule has 1 aromatic carbocycles. The summed E-state index contributed by atoms with van der Waals surface area (Å²) in [6.07, 6.45) is 0.799. The van der Waals surface area contributed by atoms with Crippen LogP contribution in [0.15, 0.2) is 24.3 Å². The highest BCUT2D eigenvalue weighted by Crippen LogP contribution is 2.22. The van der Waals surface area contributed by atoms with Crippen molar-refractivity contribution in [1.29, 1.82) is 0 Å². The van der Waals surface area contributed by atoms with Crippen molar-refractivity contribution in [3.8, 4) is 0 Å². The Kier molecular flexibility index (Phi) is 7.10. The van der Waals surface area contributed by atoms with E-state index in [4.69, 9.17) is 9.47 Å². The highest BCUT2D eigenvalue weighted by atomic mass is 19.1. The fourth-order valence-electron chi connectivity index (χ4n) is 3.75. The second-order valence-corrected chi connectivity index (χ2v) is 7.36. The molecule has 162 valence electrons. The van der Waals surface area contributed by atoms with E-state index in [2.05, 4.69) is 9.88 Å². The van der Waals surface area contributed by atoms with Gasteiger partial charge in [0.05, 0.1) is 12.2 Å². The maximum absolute atomic E-state index is 13.2. The third-order valence-electron chi connectivity index (χ3n) is 5.35. The van der Waals surface area contributed by atoms with Crippen LogP contribution in [0, 0.1) is 19.7 Å². The van der Waals surface area contributed by atoms with Gasteiger partial charge in [0.15, 0.2) is 0 Å². The van der Waals surface area contributed by atoms with Crippen LogP contribution in [-0.2, 0) is 9.47 Å². The molecule has 1 amide bonds. The van der Waals surface area contributed by atoms with Gasteiger partial charge in [0.25, 0.3) is 5.91 Å². The monoisotopic (exact) mass is 417 g/mol. The first kappa shape index (κ1) is 21.8. The molecule has 7 nitrogen and oxygen atoms in total. The molecule has 0 unspecified atom stereocenters. The number of nitrogens with zero attached hydrogens (tertiary/aromatic N) is 2. The normalized spacial score (nSPS) is 14.5. The fraction of sp³-hybridized carbons (Fsp3) is 0.455. The summed E-state index contributed by atoms with van der Waals surface area (Å²) >= 11 is 0. The van der Waals surface area contributed by atoms with Crippen LogP contribution in [-0.4, -0.2) is 68.3 Å². The number of methoxy groups -OCH3 is 1. The number of anilines is 1. The minimum Gasteiger partial charge on any atom is -0.460 e. The number of aromatic amines is 1. The smallest absolute Gasteiger partial charge is 0.340 e. The molecule has 30 heavy (non-hydrogen) atoms. The molecule has 0 aliphatic carbocycles. The van der Waals surface area contributed by atoms with Crippen LogP contribution in [0.1, 0.15) is 38.5 Å². The first-order chi connectivity index (χ1) is 14.4. The molecule has 1 aliphatic rings. The first-order valence-electron chi connectivity index (χ1n) is 10.1. The SMILES string of the molecule is COCCOC(=O)c1c(C)[nH]c(C(=O)N2CCCN(c3ccc(F)cc3)CC2)c1C. The standard InChI is InChI=1S/C22H28FN3O4/c1-15-19(22(28)30-14-13-29-3)16(2)24-20(15)21(27)26-10-4-9-25(11-12-26)18-7-5-17(23)6-8-18/h5-8,24H,4,9-14H2,1-3H3. The van der Waals surface area contributed by atoms with Gasteiger partial charge in [0.2, 0.25) is 0 Å². The van der Waals surface area contributed by atoms with Crippen LogP contribution in [0.25, 0.3) is 0 Å². The van der Waals surface area contributed by atoms with Gasteiger partial charge in [0.1, 0.15) is 18.1 Å². The lowest BCUT2D eigenvalue weighted by molar-refractivity contribution is 0.0387. The van der Waals surface area contributed by atoms with Crippen LogP contribution in [0.5, 0.6) is 0 Å². The molecule has 2 heterocycles. The number of aryl methyl sites for hydroxylation is 1. The van der Waals surface area contributed by atoms with E-state index in [0.717, 1.165) is 18.7 Å². The predicted octanol–water partition coefficient (Wildman–Crippen LogP) is 2.93. The minimum absolute atomic E-state index is 0.132. The molecule has 1 fully saturated rings. The Balaban J connectivity index is 1.70. The van der Waals surface area contributed by atoms with Gasteiger partial charge < -0.3 is 24.3 Å². The molecule has 0 atom stereocenters. The van der Waals surface area contributed by atoms with Crippen molar-refractivity contribution in [3.05, 3.63) is 52.6 Å². The Hall–Kier alpha value is -2.87. The summed E-state index contributed by atoms with van der Waals surface area (Å²) in [5.74, 6) is -0.859. The van der Waals surface area contributed by atoms with Gasteiger partial charge in [-0.2, -0.15) is 0 Å². The molecule has 1 aliphatic heterocycles. The third-order valence-corrected chi connectivity index (χ3v) is 5.35. The van der Waals surface area contributed by atoms with Gasteiger partial charge in [-0.15, -0.1) is 0 Å². The summed E-state index contributed by atoms with van der Waals surface area (Å²) in [5.41, 5.74) is 2.97. The summed E-state index contributed by atoms with van der Waals surface area (Å²) in [6, 6.07) is 6.41. The lowest BCUT2D eigenvalue weighted by Crippen LogP contribution is -2.35. The molecule has 0 radical (unpaired) electrons. The molecule has 0 spiro atoms. The number of carbonyl (C=O) groups is 2. The first-order valence-corrected chi connectivity index (χ1v) is 10.1. The molecule has 8 heteroatoms.